The average molecular weight is 460 g/mol. The third kappa shape index (κ3) is 4.62. The Hall–Kier alpha value is -3.42. The largest absolute Gasteiger partial charge is 0.493 e. The van der Waals surface area contributed by atoms with Crippen molar-refractivity contribution in [3.8, 4) is 11.5 Å². The van der Waals surface area contributed by atoms with Crippen molar-refractivity contribution in [2.24, 2.45) is 0 Å². The van der Waals surface area contributed by atoms with Gasteiger partial charge in [0.25, 0.3) is 5.91 Å². The van der Waals surface area contributed by atoms with Crippen LogP contribution in [0.2, 0.25) is 0 Å². The molecular formula is C27H29N3O4. The van der Waals surface area contributed by atoms with Gasteiger partial charge >= 0.3 is 0 Å². The summed E-state index contributed by atoms with van der Waals surface area (Å²) in [6.45, 7) is 2.77. The molecule has 1 N–H and O–H groups in total. The van der Waals surface area contributed by atoms with Gasteiger partial charge in [0.1, 0.15) is 6.61 Å². The molecule has 0 spiro atoms. The van der Waals surface area contributed by atoms with Crippen molar-refractivity contribution in [2.75, 3.05) is 26.7 Å². The van der Waals surface area contributed by atoms with Crippen LogP contribution in [0.4, 0.5) is 0 Å². The third-order valence-corrected chi connectivity index (χ3v) is 6.69. The van der Waals surface area contributed by atoms with E-state index < -0.39 is 6.10 Å². The van der Waals surface area contributed by atoms with Crippen LogP contribution in [-0.4, -0.2) is 64.7 Å². The highest BCUT2D eigenvalue weighted by Gasteiger charge is 2.39. The van der Waals surface area contributed by atoms with Gasteiger partial charge in [0.15, 0.2) is 11.5 Å². The maximum absolute atomic E-state index is 13.3. The van der Waals surface area contributed by atoms with Crippen LogP contribution in [0.1, 0.15) is 27.2 Å². The number of aliphatic hydroxyl groups excluding tert-OH is 1. The van der Waals surface area contributed by atoms with E-state index in [-0.39, 0.29) is 18.6 Å². The predicted molar refractivity (Wildman–Crippen MR) is 128 cm³/mol. The molecular weight excluding hydrogens is 430 g/mol. The molecule has 0 aliphatic carbocycles. The quantitative estimate of drug-likeness (QED) is 0.611. The van der Waals surface area contributed by atoms with Gasteiger partial charge in [0.2, 0.25) is 0 Å². The van der Waals surface area contributed by atoms with Crippen LogP contribution >= 0.6 is 0 Å². The highest BCUT2D eigenvalue weighted by Crippen LogP contribution is 2.31. The minimum atomic E-state index is -0.577. The first-order chi connectivity index (χ1) is 16.6. The fourth-order valence-electron chi connectivity index (χ4n) is 4.84. The second kappa shape index (κ2) is 9.83. The standard InChI is InChI=1S/C27H29N3O4/c1-33-25-10-9-20(14-26(25)34-18-22-8-4-5-12-28-22)27(32)30-16-23(24(31)17-30)29-13-11-19-6-2-3-7-21(19)15-29/h2-10,12,14,23-24,31H,11,13,15-18H2,1H3/t23-,24-/m0/s1. The number of carbonyl (C=O) groups excluding carboxylic acids is 1. The van der Waals surface area contributed by atoms with Crippen molar-refractivity contribution >= 4 is 5.91 Å². The number of β-amino-alcohol motifs (C(OH)–C–C–N with tert-alkyl or cyclic N) is 1. The molecule has 7 heteroatoms. The summed E-state index contributed by atoms with van der Waals surface area (Å²) in [5, 5.41) is 10.8. The second-order valence-corrected chi connectivity index (χ2v) is 8.81. The summed E-state index contributed by atoms with van der Waals surface area (Å²) in [5.74, 6) is 0.922. The van der Waals surface area contributed by atoms with Crippen LogP contribution in [0.15, 0.2) is 66.9 Å². The van der Waals surface area contributed by atoms with Crippen molar-refractivity contribution in [2.45, 2.75) is 31.7 Å². The molecule has 0 unspecified atom stereocenters. The number of amides is 1. The number of rotatable bonds is 6. The number of fused-ring (bicyclic) bond motifs is 1. The van der Waals surface area contributed by atoms with Crippen LogP contribution in [0, 0.1) is 0 Å². The molecule has 1 aromatic heterocycles. The smallest absolute Gasteiger partial charge is 0.254 e. The molecule has 34 heavy (non-hydrogen) atoms. The van der Waals surface area contributed by atoms with Crippen LogP contribution in [0.25, 0.3) is 0 Å². The van der Waals surface area contributed by atoms with Crippen LogP contribution in [-0.2, 0) is 19.6 Å². The van der Waals surface area contributed by atoms with Crippen molar-refractivity contribution in [3.05, 3.63) is 89.2 Å². The molecule has 5 rings (SSSR count). The predicted octanol–water partition coefficient (Wildman–Crippen LogP) is 2.91. The lowest BCUT2D eigenvalue weighted by atomic mass is 9.98. The summed E-state index contributed by atoms with van der Waals surface area (Å²) >= 11 is 0. The Morgan fingerprint density at radius 3 is 2.68 bits per heavy atom. The topological polar surface area (TPSA) is 75.1 Å². The monoisotopic (exact) mass is 459 g/mol. The number of methoxy groups -OCH3 is 1. The fourth-order valence-corrected chi connectivity index (χ4v) is 4.84. The Kier molecular flexibility index (Phi) is 6.47. The molecule has 3 heterocycles. The van der Waals surface area contributed by atoms with E-state index in [2.05, 4.69) is 34.1 Å². The second-order valence-electron chi connectivity index (χ2n) is 8.81. The van der Waals surface area contributed by atoms with E-state index >= 15 is 0 Å². The van der Waals surface area contributed by atoms with E-state index in [0.29, 0.717) is 30.2 Å². The average Bonchev–Trinajstić information content (AvgIpc) is 3.28. The third-order valence-electron chi connectivity index (χ3n) is 6.69. The molecule has 2 aliphatic rings. The van der Waals surface area contributed by atoms with Gasteiger partial charge in [-0.2, -0.15) is 0 Å². The number of nitrogens with zero attached hydrogens (tertiary/aromatic N) is 3. The lowest BCUT2D eigenvalue weighted by molar-refractivity contribution is 0.0735. The van der Waals surface area contributed by atoms with Gasteiger partial charge in [0, 0.05) is 37.9 Å². The van der Waals surface area contributed by atoms with E-state index in [1.807, 2.05) is 18.2 Å². The van der Waals surface area contributed by atoms with Crippen molar-refractivity contribution in [1.82, 2.24) is 14.8 Å². The Labute approximate surface area is 199 Å². The first-order valence-electron chi connectivity index (χ1n) is 11.6. The fraction of sp³-hybridized carbons (Fsp3) is 0.333. The Balaban J connectivity index is 1.28. The van der Waals surface area contributed by atoms with Gasteiger partial charge in [-0.15, -0.1) is 0 Å². The van der Waals surface area contributed by atoms with Gasteiger partial charge < -0.3 is 19.5 Å². The molecule has 3 aromatic rings. The minimum absolute atomic E-state index is 0.0737. The van der Waals surface area contributed by atoms with Crippen LogP contribution < -0.4 is 9.47 Å². The summed E-state index contributed by atoms with van der Waals surface area (Å²) in [6, 6.07) is 19.2. The Morgan fingerprint density at radius 1 is 1.06 bits per heavy atom. The Bertz CT molecular complexity index is 1150. The van der Waals surface area contributed by atoms with Gasteiger partial charge in [0.05, 0.1) is 24.9 Å². The summed E-state index contributed by atoms with van der Waals surface area (Å²) in [5.41, 5.74) is 3.97. The van der Waals surface area contributed by atoms with Gasteiger partial charge in [-0.05, 0) is 47.9 Å². The molecule has 1 saturated heterocycles. The van der Waals surface area contributed by atoms with Gasteiger partial charge in [-0.3, -0.25) is 14.7 Å². The van der Waals surface area contributed by atoms with Crippen molar-refractivity contribution < 1.29 is 19.4 Å². The normalized spacial score (nSPS) is 20.1. The summed E-state index contributed by atoms with van der Waals surface area (Å²) < 4.78 is 11.3. The molecule has 0 radical (unpaired) electrons. The summed E-state index contributed by atoms with van der Waals surface area (Å²) in [4.78, 5) is 21.6. The molecule has 2 atom stereocenters. The first kappa shape index (κ1) is 22.4. The highest BCUT2D eigenvalue weighted by molar-refractivity contribution is 5.95. The number of hydrogen-bond acceptors (Lipinski definition) is 6. The number of aliphatic hydroxyl groups is 1. The van der Waals surface area contributed by atoms with Gasteiger partial charge in [-0.1, -0.05) is 30.3 Å². The van der Waals surface area contributed by atoms with Gasteiger partial charge in [-0.25, -0.2) is 0 Å². The number of ether oxygens (including phenoxy) is 2. The zero-order chi connectivity index (χ0) is 23.5. The molecule has 1 fully saturated rings. The maximum Gasteiger partial charge on any atom is 0.254 e. The number of pyridine rings is 1. The number of likely N-dealkylation sites (tertiary alicyclic amines) is 1. The zero-order valence-electron chi connectivity index (χ0n) is 19.3. The maximum atomic E-state index is 13.3. The lowest BCUT2D eigenvalue weighted by Gasteiger charge is -2.34. The number of aromatic nitrogens is 1. The van der Waals surface area contributed by atoms with E-state index in [0.717, 1.165) is 25.2 Å². The van der Waals surface area contributed by atoms with E-state index in [4.69, 9.17) is 9.47 Å². The van der Waals surface area contributed by atoms with E-state index in [1.54, 1.807) is 36.4 Å². The van der Waals surface area contributed by atoms with Crippen LogP contribution in [0.5, 0.6) is 11.5 Å². The summed E-state index contributed by atoms with van der Waals surface area (Å²) in [7, 11) is 1.57. The number of hydrogen-bond donors (Lipinski definition) is 1. The highest BCUT2D eigenvalue weighted by atomic mass is 16.5. The number of benzene rings is 2. The lowest BCUT2D eigenvalue weighted by Crippen LogP contribution is -2.45. The zero-order valence-corrected chi connectivity index (χ0v) is 19.3. The van der Waals surface area contributed by atoms with E-state index in [9.17, 15) is 9.90 Å². The number of carbonyl (C=O) groups is 1. The summed E-state index contributed by atoms with van der Waals surface area (Å²) in [6.07, 6.45) is 2.10. The van der Waals surface area contributed by atoms with Crippen molar-refractivity contribution in [1.29, 1.82) is 0 Å². The molecule has 176 valence electrons. The molecule has 0 saturated carbocycles. The minimum Gasteiger partial charge on any atom is -0.493 e. The first-order valence-corrected chi connectivity index (χ1v) is 11.6. The van der Waals surface area contributed by atoms with E-state index in [1.165, 1.54) is 11.1 Å². The van der Waals surface area contributed by atoms with Crippen LogP contribution in [0.3, 0.4) is 0 Å². The molecule has 1 amide bonds. The SMILES string of the molecule is COc1ccc(C(=O)N2C[C@H](O)[C@@H](N3CCc4ccccc4C3)C2)cc1OCc1ccccn1. The molecule has 2 aliphatic heterocycles. The molecule has 2 aromatic carbocycles. The van der Waals surface area contributed by atoms with Crippen molar-refractivity contribution in [3.63, 3.8) is 0 Å². The molecule has 0 bridgehead atoms. The Morgan fingerprint density at radius 2 is 1.88 bits per heavy atom. The molecule has 7 nitrogen and oxygen atoms in total.